The number of likely N-dealkylation sites (tertiary alicyclic amines) is 1. The predicted molar refractivity (Wildman–Crippen MR) is 95.9 cm³/mol. The zero-order valence-electron chi connectivity index (χ0n) is 13.3. The highest BCUT2D eigenvalue weighted by molar-refractivity contribution is 9.10. The van der Waals surface area contributed by atoms with Crippen molar-refractivity contribution in [2.75, 3.05) is 13.1 Å². The number of hydrogen-bond acceptors (Lipinski definition) is 3. The van der Waals surface area contributed by atoms with Crippen molar-refractivity contribution in [3.05, 3.63) is 64.6 Å². The quantitative estimate of drug-likeness (QED) is 0.846. The summed E-state index contributed by atoms with van der Waals surface area (Å²) >= 11 is 3.40. The molecule has 3 rings (SSSR count). The van der Waals surface area contributed by atoms with E-state index in [1.165, 1.54) is 0 Å². The Bertz CT molecular complexity index is 667. The highest BCUT2D eigenvalue weighted by Gasteiger charge is 2.29. The van der Waals surface area contributed by atoms with E-state index in [0.717, 1.165) is 22.9 Å². The second kappa shape index (κ2) is 7.81. The Morgan fingerprint density at radius 1 is 1.08 bits per heavy atom. The molecule has 24 heavy (non-hydrogen) atoms. The van der Waals surface area contributed by atoms with E-state index in [9.17, 15) is 9.90 Å². The zero-order valence-corrected chi connectivity index (χ0v) is 14.9. The van der Waals surface area contributed by atoms with Crippen LogP contribution in [0.2, 0.25) is 0 Å². The van der Waals surface area contributed by atoms with Gasteiger partial charge < -0.3 is 14.7 Å². The third kappa shape index (κ3) is 4.16. The van der Waals surface area contributed by atoms with Gasteiger partial charge in [0.15, 0.2) is 0 Å². The van der Waals surface area contributed by atoms with Crippen molar-refractivity contribution < 1.29 is 14.6 Å². The Kier molecular flexibility index (Phi) is 5.53. The summed E-state index contributed by atoms with van der Waals surface area (Å²) in [7, 11) is 0. The number of rotatable bonds is 3. The van der Waals surface area contributed by atoms with Gasteiger partial charge in [0.2, 0.25) is 0 Å². The standard InChI is InChI=1S/C19H20BrNO3/c20-16-8-6-14(7-9-16)18(22)15-10-12-21(13-11-15)19(23)24-17-4-2-1-3-5-17/h1-9,15,18,22H,10-13H2. The minimum Gasteiger partial charge on any atom is -0.410 e. The van der Waals surface area contributed by atoms with Crippen LogP contribution in [0, 0.1) is 5.92 Å². The number of benzene rings is 2. The number of carbonyl (C=O) groups is 1. The van der Waals surface area contributed by atoms with Crippen LogP contribution in [0.5, 0.6) is 5.75 Å². The molecule has 1 amide bonds. The molecule has 1 saturated heterocycles. The molecule has 2 aromatic rings. The van der Waals surface area contributed by atoms with Crippen LogP contribution in [0.4, 0.5) is 4.79 Å². The summed E-state index contributed by atoms with van der Waals surface area (Å²) in [5.41, 5.74) is 0.920. The highest BCUT2D eigenvalue weighted by Crippen LogP contribution is 2.31. The molecule has 1 aliphatic heterocycles. The van der Waals surface area contributed by atoms with Crippen molar-refractivity contribution >= 4 is 22.0 Å². The maximum Gasteiger partial charge on any atom is 0.415 e. The number of nitrogens with zero attached hydrogens (tertiary/aromatic N) is 1. The maximum atomic E-state index is 12.2. The second-order valence-corrected chi connectivity index (χ2v) is 6.92. The van der Waals surface area contributed by atoms with Gasteiger partial charge in [0.05, 0.1) is 6.10 Å². The smallest absolute Gasteiger partial charge is 0.410 e. The van der Waals surface area contributed by atoms with Gasteiger partial charge in [0, 0.05) is 17.6 Å². The lowest BCUT2D eigenvalue weighted by molar-refractivity contribution is 0.0592. The van der Waals surface area contributed by atoms with Crippen LogP contribution in [-0.4, -0.2) is 29.2 Å². The van der Waals surface area contributed by atoms with E-state index in [0.29, 0.717) is 18.8 Å². The van der Waals surface area contributed by atoms with Crippen molar-refractivity contribution in [3.8, 4) is 5.75 Å². The molecule has 1 N–H and O–H groups in total. The molecule has 1 atom stereocenters. The number of carbonyl (C=O) groups excluding carboxylic acids is 1. The zero-order chi connectivity index (χ0) is 16.9. The molecule has 126 valence electrons. The minimum absolute atomic E-state index is 0.159. The number of hydrogen-bond donors (Lipinski definition) is 1. The van der Waals surface area contributed by atoms with Crippen LogP contribution in [0.1, 0.15) is 24.5 Å². The minimum atomic E-state index is -0.495. The number of ether oxygens (including phenoxy) is 1. The molecular formula is C19H20BrNO3. The SMILES string of the molecule is O=C(Oc1ccccc1)N1CCC(C(O)c2ccc(Br)cc2)CC1. The number of para-hydroxylation sites is 1. The van der Waals surface area contributed by atoms with Crippen LogP contribution in [0.25, 0.3) is 0 Å². The van der Waals surface area contributed by atoms with E-state index in [2.05, 4.69) is 15.9 Å². The molecule has 1 heterocycles. The predicted octanol–water partition coefficient (Wildman–Crippen LogP) is 4.39. The molecule has 0 aromatic heterocycles. The van der Waals surface area contributed by atoms with Gasteiger partial charge in [-0.3, -0.25) is 0 Å². The van der Waals surface area contributed by atoms with Gasteiger partial charge in [-0.1, -0.05) is 46.3 Å². The topological polar surface area (TPSA) is 49.8 Å². The molecular weight excluding hydrogens is 370 g/mol. The van der Waals surface area contributed by atoms with Gasteiger partial charge in [-0.05, 0) is 48.6 Å². The fraction of sp³-hybridized carbons (Fsp3) is 0.316. The van der Waals surface area contributed by atoms with Crippen molar-refractivity contribution in [2.45, 2.75) is 18.9 Å². The fourth-order valence-electron chi connectivity index (χ4n) is 2.98. The lowest BCUT2D eigenvalue weighted by Gasteiger charge is -2.33. The molecule has 2 aromatic carbocycles. The van der Waals surface area contributed by atoms with Gasteiger partial charge in [0.25, 0.3) is 0 Å². The van der Waals surface area contributed by atoms with Crippen LogP contribution in [-0.2, 0) is 0 Å². The summed E-state index contributed by atoms with van der Waals surface area (Å²) in [5.74, 6) is 0.714. The molecule has 0 aliphatic carbocycles. The molecule has 1 unspecified atom stereocenters. The lowest BCUT2D eigenvalue weighted by Crippen LogP contribution is -2.41. The van der Waals surface area contributed by atoms with E-state index in [1.807, 2.05) is 42.5 Å². The normalized spacial score (nSPS) is 16.7. The average Bonchev–Trinajstić information content (AvgIpc) is 2.63. The van der Waals surface area contributed by atoms with Crippen LogP contribution in [0.15, 0.2) is 59.1 Å². The van der Waals surface area contributed by atoms with Crippen molar-refractivity contribution in [2.24, 2.45) is 5.92 Å². The number of amides is 1. The monoisotopic (exact) mass is 389 g/mol. The van der Waals surface area contributed by atoms with E-state index >= 15 is 0 Å². The Labute approximate surface area is 150 Å². The first-order valence-electron chi connectivity index (χ1n) is 8.09. The van der Waals surface area contributed by atoms with E-state index in [4.69, 9.17) is 4.74 Å². The Morgan fingerprint density at radius 2 is 1.71 bits per heavy atom. The fourth-order valence-corrected chi connectivity index (χ4v) is 3.25. The van der Waals surface area contributed by atoms with Crippen molar-refractivity contribution in [1.29, 1.82) is 0 Å². The van der Waals surface area contributed by atoms with Crippen LogP contribution in [0.3, 0.4) is 0 Å². The van der Waals surface area contributed by atoms with Gasteiger partial charge in [-0.15, -0.1) is 0 Å². The second-order valence-electron chi connectivity index (χ2n) is 6.00. The molecule has 1 fully saturated rings. The van der Waals surface area contributed by atoms with Gasteiger partial charge in [-0.2, -0.15) is 0 Å². The maximum absolute atomic E-state index is 12.2. The number of piperidine rings is 1. The number of halogens is 1. The molecule has 5 heteroatoms. The van der Waals surface area contributed by atoms with Crippen molar-refractivity contribution in [3.63, 3.8) is 0 Å². The number of aliphatic hydroxyl groups is 1. The van der Waals surface area contributed by atoms with E-state index < -0.39 is 6.10 Å². The molecule has 0 spiro atoms. The first-order chi connectivity index (χ1) is 11.6. The highest BCUT2D eigenvalue weighted by atomic mass is 79.9. The number of aliphatic hydroxyl groups excluding tert-OH is 1. The summed E-state index contributed by atoms with van der Waals surface area (Å²) in [5, 5.41) is 10.5. The third-order valence-corrected chi connectivity index (χ3v) is 4.93. The van der Waals surface area contributed by atoms with Gasteiger partial charge in [0.1, 0.15) is 5.75 Å². The Balaban J connectivity index is 1.53. The van der Waals surface area contributed by atoms with Crippen LogP contribution >= 0.6 is 15.9 Å². The first kappa shape index (κ1) is 17.0. The molecule has 0 bridgehead atoms. The summed E-state index contributed by atoms with van der Waals surface area (Å²) in [4.78, 5) is 13.9. The summed E-state index contributed by atoms with van der Waals surface area (Å²) in [6.07, 6.45) is 0.713. The third-order valence-electron chi connectivity index (χ3n) is 4.40. The molecule has 0 saturated carbocycles. The molecule has 4 nitrogen and oxygen atoms in total. The van der Waals surface area contributed by atoms with E-state index in [-0.39, 0.29) is 12.0 Å². The van der Waals surface area contributed by atoms with Crippen molar-refractivity contribution in [1.82, 2.24) is 4.90 Å². The summed E-state index contributed by atoms with van der Waals surface area (Å²) in [6.45, 7) is 1.20. The lowest BCUT2D eigenvalue weighted by atomic mass is 9.87. The van der Waals surface area contributed by atoms with E-state index in [1.54, 1.807) is 17.0 Å². The Morgan fingerprint density at radius 3 is 2.33 bits per heavy atom. The molecule has 1 aliphatic rings. The largest absolute Gasteiger partial charge is 0.415 e. The van der Waals surface area contributed by atoms with Gasteiger partial charge >= 0.3 is 6.09 Å². The first-order valence-corrected chi connectivity index (χ1v) is 8.88. The summed E-state index contributed by atoms with van der Waals surface area (Å²) in [6, 6.07) is 16.8. The van der Waals surface area contributed by atoms with Crippen LogP contribution < -0.4 is 4.74 Å². The molecule has 0 radical (unpaired) electrons. The summed E-state index contributed by atoms with van der Waals surface area (Å²) < 4.78 is 6.36. The Hall–Kier alpha value is -1.85. The van der Waals surface area contributed by atoms with Gasteiger partial charge in [-0.25, -0.2) is 4.79 Å². The average molecular weight is 390 g/mol.